The van der Waals surface area contributed by atoms with E-state index in [1.54, 1.807) is 13.8 Å². The zero-order valence-corrected chi connectivity index (χ0v) is 64.3. The number of H-pyrrole nitrogens is 2. The Kier molecular flexibility index (Phi) is 34.8. The zero-order valence-electron chi connectivity index (χ0n) is 61.0. The molecule has 0 radical (unpaired) electrons. The minimum atomic E-state index is -2.01. The van der Waals surface area contributed by atoms with Crippen molar-refractivity contribution in [3.63, 3.8) is 0 Å². The molecule has 16 atom stereocenters. The van der Waals surface area contributed by atoms with Crippen molar-refractivity contribution in [1.29, 1.82) is 0 Å². The highest BCUT2D eigenvalue weighted by molar-refractivity contribution is 8.77. The number of imidazole rings is 2. The first kappa shape index (κ1) is 89.1. The van der Waals surface area contributed by atoms with Gasteiger partial charge in [0.1, 0.15) is 90.6 Å². The second kappa shape index (κ2) is 43.0. The van der Waals surface area contributed by atoms with Crippen molar-refractivity contribution in [2.75, 3.05) is 49.3 Å². The molecule has 4 aliphatic rings. The van der Waals surface area contributed by atoms with Gasteiger partial charge >= 0.3 is 5.97 Å². The van der Waals surface area contributed by atoms with Gasteiger partial charge in [0.2, 0.25) is 100 Å². The van der Waals surface area contributed by atoms with Crippen molar-refractivity contribution in [3.05, 3.63) is 36.4 Å². The molecule has 0 unspecified atom stereocenters. The van der Waals surface area contributed by atoms with Crippen LogP contribution in [0, 0.1) is 11.8 Å². The lowest BCUT2D eigenvalue weighted by molar-refractivity contribution is -0.144. The van der Waals surface area contributed by atoms with Crippen molar-refractivity contribution in [1.82, 2.24) is 98.9 Å². The van der Waals surface area contributed by atoms with Gasteiger partial charge in [-0.1, -0.05) is 77.3 Å². The Hall–Kier alpha value is -9.80. The van der Waals surface area contributed by atoms with Crippen LogP contribution in [0.5, 0.6) is 0 Å². The number of aliphatic carboxylic acids is 1. The molecule has 42 nitrogen and oxygen atoms in total. The number of aromatic nitrogens is 4. The molecule has 606 valence electrons. The number of carbonyl (C=O) groups is 18. The van der Waals surface area contributed by atoms with Gasteiger partial charge < -0.3 is 116 Å². The number of hydrogen-bond acceptors (Lipinski definition) is 26. The molecule has 0 aliphatic carbocycles. The Labute approximate surface area is 646 Å². The Morgan fingerprint density at radius 3 is 1.43 bits per heavy atom. The summed E-state index contributed by atoms with van der Waals surface area (Å²) in [4.78, 5) is 269. The first-order valence-electron chi connectivity index (χ1n) is 35.2. The van der Waals surface area contributed by atoms with E-state index in [0.29, 0.717) is 5.69 Å². The highest BCUT2D eigenvalue weighted by Crippen LogP contribution is 2.27. The lowest BCUT2D eigenvalue weighted by atomic mass is 9.97. The zero-order chi connectivity index (χ0) is 81.2. The van der Waals surface area contributed by atoms with E-state index < -0.39 is 252 Å². The number of amides is 17. The first-order chi connectivity index (χ1) is 52.1. The Morgan fingerprint density at radius 2 is 0.964 bits per heavy atom. The predicted octanol–water partition coefficient (Wildman–Crippen LogP) is -8.48. The maximum Gasteiger partial charge on any atom is 0.305 e. The average Bonchev–Trinajstić information content (AvgIpc) is 1.61. The van der Waals surface area contributed by atoms with Gasteiger partial charge in [-0.3, -0.25) is 86.3 Å². The number of nitrogens with two attached hydrogens (primary N) is 3. The van der Waals surface area contributed by atoms with Crippen LogP contribution in [0.4, 0.5) is 0 Å². The number of carboxylic acid groups (broad SMARTS) is 1. The van der Waals surface area contributed by atoms with E-state index in [4.69, 9.17) is 17.2 Å². The van der Waals surface area contributed by atoms with Gasteiger partial charge in [0.25, 0.3) is 0 Å². The molecule has 23 N–H and O–H groups in total. The number of fused-ring (bicyclic) bond motifs is 10. The molecule has 6 rings (SSSR count). The van der Waals surface area contributed by atoms with Crippen molar-refractivity contribution in [2.24, 2.45) is 29.0 Å². The number of carbonyl (C=O) groups excluding carboxylic acids is 17. The van der Waals surface area contributed by atoms with Gasteiger partial charge in [-0.05, 0) is 51.4 Å². The van der Waals surface area contributed by atoms with Gasteiger partial charge in [-0.15, -0.1) is 0 Å². The highest BCUT2D eigenvalue weighted by atomic mass is 33.1. The quantitative estimate of drug-likeness (QED) is 0.0737. The average molecular weight is 1620 g/mol. The van der Waals surface area contributed by atoms with E-state index >= 15 is 0 Å². The molecule has 4 saturated heterocycles. The van der Waals surface area contributed by atoms with Crippen LogP contribution < -0.4 is 86.3 Å². The molecule has 6 heterocycles. The number of nitrogens with zero attached hydrogens (tertiary/aromatic N) is 4. The summed E-state index contributed by atoms with van der Waals surface area (Å²) < 4.78 is 0. The number of primary amides is 2. The molecule has 4 aliphatic heterocycles. The van der Waals surface area contributed by atoms with Crippen LogP contribution in [0.25, 0.3) is 0 Å². The molecule has 46 heteroatoms. The van der Waals surface area contributed by atoms with E-state index in [1.807, 2.05) is 0 Å². The third-order valence-electron chi connectivity index (χ3n) is 18.1. The second-order valence-electron chi connectivity index (χ2n) is 26.8. The summed E-state index contributed by atoms with van der Waals surface area (Å²) in [5.74, 6) is -22.7. The van der Waals surface area contributed by atoms with Crippen molar-refractivity contribution in [3.8, 4) is 0 Å². The summed E-state index contributed by atoms with van der Waals surface area (Å²) >= 11 is 0. The SMILES string of the molecule is CC[C@H](C)[C@@H]1NC(=O)[C@H](C)NC(=O)[C@@H]2CCCN2C(=O)[C@H](Cc2cnc[nH]2)NC(=O)[C@H](CC(=O)O)NC(=O)[C@H](C(C)C)NC(=O)[C@H](CC(N)=O)NC(=O)[C@@H]2CSSC[C@H](NC(=O)CN)C(=O)N[C@@H](CSSC[C@@H](C(N)=O)NC1=O)C(=O)N[C@@H](CO)C(=O)N[C@@H](Cc1cnc[nH]1)C(=O)N1CCC[C@H]1C(=O)N[C@@H](C)C(=O)N2. The summed E-state index contributed by atoms with van der Waals surface area (Å²) in [5.41, 5.74) is 17.7. The first-order valence-corrected chi connectivity index (χ1v) is 40.2. The number of aliphatic hydroxyl groups excluding tert-OH is 1. The van der Waals surface area contributed by atoms with Gasteiger partial charge in [0.05, 0.1) is 38.6 Å². The molecule has 110 heavy (non-hydrogen) atoms. The van der Waals surface area contributed by atoms with Crippen LogP contribution in [-0.2, 0) is 99.1 Å². The fourth-order valence-corrected chi connectivity index (χ4v) is 16.5. The monoisotopic (exact) mass is 1620 g/mol. The fraction of sp³-hybridized carbons (Fsp3) is 0.625. The normalized spacial score (nSPS) is 28.5. The predicted molar refractivity (Wildman–Crippen MR) is 396 cm³/mol. The van der Waals surface area contributed by atoms with Crippen LogP contribution in [0.2, 0.25) is 0 Å². The number of aromatic amines is 2. The van der Waals surface area contributed by atoms with Crippen LogP contribution in [0.15, 0.2) is 25.0 Å². The van der Waals surface area contributed by atoms with E-state index in [-0.39, 0.29) is 69.5 Å². The highest BCUT2D eigenvalue weighted by Gasteiger charge is 2.44. The van der Waals surface area contributed by atoms with Gasteiger partial charge in [-0.2, -0.15) is 0 Å². The largest absolute Gasteiger partial charge is 0.481 e. The second-order valence-corrected chi connectivity index (χ2v) is 31.9. The lowest BCUT2D eigenvalue weighted by Crippen LogP contribution is -2.62. The van der Waals surface area contributed by atoms with Gasteiger partial charge in [0, 0.05) is 72.7 Å². The summed E-state index contributed by atoms with van der Waals surface area (Å²) in [6.07, 6.45) is 3.28. The third-order valence-corrected chi connectivity index (χ3v) is 23.0. The van der Waals surface area contributed by atoms with E-state index in [2.05, 4.69) is 89.1 Å². The summed E-state index contributed by atoms with van der Waals surface area (Å²) in [6.45, 7) is 6.77. The molecule has 2 aromatic rings. The standard InChI is InChI=1S/C64H96N22O20S4/c1-7-29(4)49-62(104)80-39(50(67)92)22-107-109-25-42-58(100)79-38(21-87)55(97)78-37(15-33-20-69-27-71-33)64(106)86-13-8-10-43(86)59(101)72-30(5)51(93)81-41(24-110-108-23-40(56(98)82-42)74-46(89)18-65)57(99)75-34(16-45(66)88)54(96)83-48(28(2)3)61(103)76-35(17-47(90)91)53(95)77-36(14-32-19-68-26-70-32)63(105)85-12-9-11-44(85)60(102)73-31(6)52(94)84-49/h19-20,26-31,34-44,48-49,87H,7-18,21-25,65H2,1-6H3,(H2,66,88)(H2,67,92)(H,68,70)(H,69,71)(H,72,101)(H,73,102)(H,74,89)(H,75,99)(H,76,103)(H,77,95)(H,78,97)(H,79,100)(H,80,104)(H,81,93)(H,82,98)(H,83,96)(H,84,94)(H,90,91)/t29-,30-,31-,34-,35-,36-,37-,38-,39-,40-,41-,42-,43-,44-,48-,49-/m0/s1. The topological polar surface area (TPSA) is 646 Å². The lowest BCUT2D eigenvalue weighted by Gasteiger charge is -2.31. The van der Waals surface area contributed by atoms with Gasteiger partial charge in [0.15, 0.2) is 0 Å². The summed E-state index contributed by atoms with van der Waals surface area (Å²) in [5, 5.41) is 53.0. The molecule has 0 saturated carbocycles. The van der Waals surface area contributed by atoms with E-state index in [0.717, 1.165) is 53.0 Å². The number of rotatable bonds is 15. The van der Waals surface area contributed by atoms with Crippen molar-refractivity contribution >= 4 is 150 Å². The molecule has 0 spiro atoms. The van der Waals surface area contributed by atoms with E-state index in [9.17, 15) is 96.5 Å². The number of hydrogen-bond donors (Lipinski definition) is 20. The smallest absolute Gasteiger partial charge is 0.305 e. The number of nitrogens with one attached hydrogen (secondary N) is 15. The van der Waals surface area contributed by atoms with Crippen LogP contribution in [-0.4, -0.2) is 286 Å². The van der Waals surface area contributed by atoms with Crippen molar-refractivity contribution < 1.29 is 96.5 Å². The molecule has 17 amide bonds. The Balaban J connectivity index is 1.44. The summed E-state index contributed by atoms with van der Waals surface area (Å²) in [7, 11) is 3.21. The number of aliphatic hydroxyl groups is 1. The third kappa shape index (κ3) is 26.2. The fourth-order valence-electron chi connectivity index (χ4n) is 11.8. The molecule has 2 aromatic heterocycles. The number of carboxylic acids is 1. The Bertz CT molecular complexity index is 3680. The minimum Gasteiger partial charge on any atom is -0.481 e. The maximum absolute atomic E-state index is 14.7. The molecule has 0 aromatic carbocycles. The minimum absolute atomic E-state index is 0.0372. The van der Waals surface area contributed by atoms with E-state index in [1.165, 1.54) is 52.7 Å². The van der Waals surface area contributed by atoms with Crippen molar-refractivity contribution in [2.45, 2.75) is 190 Å². The Morgan fingerprint density at radius 1 is 0.527 bits per heavy atom. The molecular weight excluding hydrogens is 1530 g/mol. The van der Waals surface area contributed by atoms with Crippen LogP contribution >= 0.6 is 43.2 Å². The maximum atomic E-state index is 14.7. The molecule has 2 bridgehead atoms. The molecule has 4 fully saturated rings. The van der Waals surface area contributed by atoms with Crippen LogP contribution in [0.3, 0.4) is 0 Å². The summed E-state index contributed by atoms with van der Waals surface area (Å²) in [6, 6.07) is -24.3. The van der Waals surface area contributed by atoms with Gasteiger partial charge in [-0.25, -0.2) is 9.97 Å². The van der Waals surface area contributed by atoms with Crippen LogP contribution in [0.1, 0.15) is 97.9 Å². The molecular formula is C64H96N22O20S4.